The minimum Gasteiger partial charge on any atom is -0.377 e. The second-order valence-electron chi connectivity index (χ2n) is 5.36. The number of rotatable bonds is 4. The van der Waals surface area contributed by atoms with Crippen LogP contribution >= 0.6 is 0 Å². The molecule has 0 unspecified atom stereocenters. The molecular weight excluding hydrogens is 280 g/mol. The van der Waals surface area contributed by atoms with Crippen molar-refractivity contribution in [1.29, 1.82) is 0 Å². The Hall–Kier alpha value is -2.21. The summed E-state index contributed by atoms with van der Waals surface area (Å²) in [5, 5.41) is 6.74. The highest BCUT2D eigenvalue weighted by molar-refractivity contribution is 5.84. The summed E-state index contributed by atoms with van der Waals surface area (Å²) < 4.78 is 5.52. The summed E-state index contributed by atoms with van der Waals surface area (Å²) in [5.74, 6) is 0.666. The molecule has 1 aromatic heterocycles. The van der Waals surface area contributed by atoms with Crippen LogP contribution in [0, 0.1) is 0 Å². The van der Waals surface area contributed by atoms with Crippen LogP contribution < -0.4 is 0 Å². The smallest absolute Gasteiger partial charge is 0.230 e. The summed E-state index contributed by atoms with van der Waals surface area (Å²) >= 11 is 0. The highest BCUT2D eigenvalue weighted by atomic mass is 16.5. The van der Waals surface area contributed by atoms with E-state index in [9.17, 15) is 4.79 Å². The Bertz CT molecular complexity index is 600. The van der Waals surface area contributed by atoms with Gasteiger partial charge < -0.3 is 9.64 Å². The molecule has 6 heteroatoms. The van der Waals surface area contributed by atoms with Gasteiger partial charge in [0.1, 0.15) is 18.2 Å². The minimum atomic E-state index is -0.193. The number of amides is 1. The molecule has 0 aliphatic carbocycles. The van der Waals surface area contributed by atoms with Gasteiger partial charge in [-0.05, 0) is 12.0 Å². The molecule has 1 aromatic carbocycles. The van der Waals surface area contributed by atoms with E-state index in [-0.39, 0.29) is 17.9 Å². The van der Waals surface area contributed by atoms with Gasteiger partial charge in [-0.1, -0.05) is 37.3 Å². The van der Waals surface area contributed by atoms with Gasteiger partial charge in [-0.3, -0.25) is 9.89 Å². The van der Waals surface area contributed by atoms with Crippen LogP contribution in [0.1, 0.15) is 36.7 Å². The molecule has 116 valence electrons. The number of aromatic amines is 1. The number of carbonyl (C=O) groups is 1. The summed E-state index contributed by atoms with van der Waals surface area (Å²) in [6.07, 6.45) is 2.23. The van der Waals surface area contributed by atoms with Gasteiger partial charge in [0, 0.05) is 6.54 Å². The number of ether oxygens (including phenoxy) is 1. The van der Waals surface area contributed by atoms with Gasteiger partial charge in [0.05, 0.1) is 19.1 Å². The van der Waals surface area contributed by atoms with Crippen LogP contribution in [0.2, 0.25) is 0 Å². The van der Waals surface area contributed by atoms with E-state index in [1.165, 1.54) is 6.33 Å². The van der Waals surface area contributed by atoms with Gasteiger partial charge in [0.2, 0.25) is 5.91 Å². The maximum absolute atomic E-state index is 13.0. The number of benzene rings is 1. The molecule has 0 spiro atoms. The van der Waals surface area contributed by atoms with Crippen LogP contribution in [0.25, 0.3) is 0 Å². The first-order valence-electron chi connectivity index (χ1n) is 7.59. The van der Waals surface area contributed by atoms with Crippen molar-refractivity contribution < 1.29 is 9.53 Å². The number of nitrogens with one attached hydrogen (secondary N) is 1. The number of H-pyrrole nitrogens is 1. The summed E-state index contributed by atoms with van der Waals surface area (Å²) in [6, 6.07) is 9.73. The molecule has 1 aliphatic heterocycles. The van der Waals surface area contributed by atoms with Crippen molar-refractivity contribution in [3.63, 3.8) is 0 Å². The molecular formula is C16H20N4O2. The molecule has 1 fully saturated rings. The fraction of sp³-hybridized carbons (Fsp3) is 0.438. The Kier molecular flexibility index (Phi) is 4.48. The molecule has 2 atom stereocenters. The lowest BCUT2D eigenvalue weighted by Crippen LogP contribution is -2.45. The highest BCUT2D eigenvalue weighted by Gasteiger charge is 2.34. The van der Waals surface area contributed by atoms with Crippen molar-refractivity contribution >= 4 is 5.91 Å². The van der Waals surface area contributed by atoms with E-state index in [2.05, 4.69) is 15.2 Å². The maximum atomic E-state index is 13.0. The van der Waals surface area contributed by atoms with Gasteiger partial charge >= 0.3 is 0 Å². The summed E-state index contributed by atoms with van der Waals surface area (Å²) in [6.45, 7) is 3.63. The first kappa shape index (κ1) is 14.7. The van der Waals surface area contributed by atoms with Crippen molar-refractivity contribution in [3.8, 4) is 0 Å². The maximum Gasteiger partial charge on any atom is 0.230 e. The molecule has 1 aliphatic rings. The zero-order valence-corrected chi connectivity index (χ0v) is 12.6. The van der Waals surface area contributed by atoms with Crippen molar-refractivity contribution in [2.45, 2.75) is 25.3 Å². The number of morpholine rings is 1. The van der Waals surface area contributed by atoms with Gasteiger partial charge in [0.15, 0.2) is 0 Å². The molecule has 22 heavy (non-hydrogen) atoms. The Labute approximate surface area is 129 Å². The minimum absolute atomic E-state index is 0.124. The molecule has 0 radical (unpaired) electrons. The Morgan fingerprint density at radius 3 is 2.95 bits per heavy atom. The number of nitrogens with zero attached hydrogens (tertiary/aromatic N) is 3. The van der Waals surface area contributed by atoms with Crippen molar-refractivity contribution in [3.05, 3.63) is 48.0 Å². The molecule has 1 amide bonds. The van der Waals surface area contributed by atoms with Crippen LogP contribution in [0.15, 0.2) is 36.7 Å². The van der Waals surface area contributed by atoms with E-state index in [1.54, 1.807) is 0 Å². The van der Waals surface area contributed by atoms with E-state index in [4.69, 9.17) is 4.74 Å². The van der Waals surface area contributed by atoms with Gasteiger partial charge in [-0.15, -0.1) is 0 Å². The van der Waals surface area contributed by atoms with E-state index in [0.717, 1.165) is 12.0 Å². The summed E-state index contributed by atoms with van der Waals surface area (Å²) in [7, 11) is 0. The molecule has 0 saturated carbocycles. The van der Waals surface area contributed by atoms with E-state index < -0.39 is 0 Å². The summed E-state index contributed by atoms with van der Waals surface area (Å²) in [5.41, 5.74) is 1.05. The number of hydrogen-bond donors (Lipinski definition) is 1. The first-order chi connectivity index (χ1) is 10.8. The SMILES string of the molecule is CC[C@H](C(=O)N1CCOC[C@H]1c1ncn[nH]1)c1ccccc1. The third-order valence-corrected chi connectivity index (χ3v) is 4.07. The fourth-order valence-electron chi connectivity index (χ4n) is 2.91. The largest absolute Gasteiger partial charge is 0.377 e. The monoisotopic (exact) mass is 300 g/mol. The van der Waals surface area contributed by atoms with Crippen LogP contribution in [-0.4, -0.2) is 45.7 Å². The second-order valence-corrected chi connectivity index (χ2v) is 5.36. The van der Waals surface area contributed by atoms with E-state index >= 15 is 0 Å². The standard InChI is InChI=1S/C16H20N4O2/c1-2-13(12-6-4-3-5-7-12)16(21)20-8-9-22-10-14(20)15-17-11-18-19-15/h3-7,11,13-14H,2,8-10H2,1H3,(H,17,18,19)/t13-,14-/m0/s1. The van der Waals surface area contributed by atoms with Crippen molar-refractivity contribution in [1.82, 2.24) is 20.1 Å². The van der Waals surface area contributed by atoms with Crippen LogP contribution in [-0.2, 0) is 9.53 Å². The number of aromatic nitrogens is 3. The van der Waals surface area contributed by atoms with Gasteiger partial charge in [-0.25, -0.2) is 4.98 Å². The van der Waals surface area contributed by atoms with Crippen LogP contribution in [0.3, 0.4) is 0 Å². The first-order valence-corrected chi connectivity index (χ1v) is 7.59. The topological polar surface area (TPSA) is 71.1 Å². The van der Waals surface area contributed by atoms with Crippen LogP contribution in [0.5, 0.6) is 0 Å². The van der Waals surface area contributed by atoms with Crippen LogP contribution in [0.4, 0.5) is 0 Å². The van der Waals surface area contributed by atoms with Crippen molar-refractivity contribution in [2.75, 3.05) is 19.8 Å². The van der Waals surface area contributed by atoms with Gasteiger partial charge in [-0.2, -0.15) is 5.10 Å². The lowest BCUT2D eigenvalue weighted by molar-refractivity contribution is -0.142. The number of hydrogen-bond acceptors (Lipinski definition) is 4. The average molecular weight is 300 g/mol. The van der Waals surface area contributed by atoms with E-state index in [1.807, 2.05) is 42.2 Å². The normalized spacial score (nSPS) is 19.9. The lowest BCUT2D eigenvalue weighted by Gasteiger charge is -2.36. The summed E-state index contributed by atoms with van der Waals surface area (Å²) in [4.78, 5) is 19.1. The Morgan fingerprint density at radius 2 is 2.27 bits per heavy atom. The molecule has 2 aromatic rings. The zero-order chi connectivity index (χ0) is 15.4. The number of carbonyl (C=O) groups excluding carboxylic acids is 1. The van der Waals surface area contributed by atoms with E-state index in [0.29, 0.717) is 25.6 Å². The molecule has 1 N–H and O–H groups in total. The molecule has 3 rings (SSSR count). The second kappa shape index (κ2) is 6.70. The molecule has 6 nitrogen and oxygen atoms in total. The third kappa shape index (κ3) is 2.87. The molecule has 2 heterocycles. The Morgan fingerprint density at radius 1 is 1.45 bits per heavy atom. The van der Waals surface area contributed by atoms with Crippen molar-refractivity contribution in [2.24, 2.45) is 0 Å². The lowest BCUT2D eigenvalue weighted by atomic mass is 9.94. The fourth-order valence-corrected chi connectivity index (χ4v) is 2.91. The van der Waals surface area contributed by atoms with Gasteiger partial charge in [0.25, 0.3) is 0 Å². The third-order valence-electron chi connectivity index (χ3n) is 4.07. The quantitative estimate of drug-likeness (QED) is 0.936. The Balaban J connectivity index is 1.85. The average Bonchev–Trinajstić information content (AvgIpc) is 3.11. The predicted molar refractivity (Wildman–Crippen MR) is 81.1 cm³/mol. The zero-order valence-electron chi connectivity index (χ0n) is 12.6. The predicted octanol–water partition coefficient (Wildman–Crippen LogP) is 1.90. The molecule has 1 saturated heterocycles. The molecule has 0 bridgehead atoms. The highest BCUT2D eigenvalue weighted by Crippen LogP contribution is 2.28.